The highest BCUT2D eigenvalue weighted by atomic mass is 16.2. The van der Waals surface area contributed by atoms with Crippen LogP contribution in [0.2, 0.25) is 0 Å². The van der Waals surface area contributed by atoms with Crippen LogP contribution < -0.4 is 5.32 Å². The average molecular weight is 229 g/mol. The number of carbonyl (C=O) groups is 1. The highest BCUT2D eigenvalue weighted by molar-refractivity contribution is 5.89. The first kappa shape index (κ1) is 11.5. The topological polar surface area (TPSA) is 56.1 Å². The van der Waals surface area contributed by atoms with Crippen LogP contribution in [0.3, 0.4) is 0 Å². The first-order valence-corrected chi connectivity index (χ1v) is 5.80. The first-order chi connectivity index (χ1) is 8.29. The highest BCUT2D eigenvalue weighted by Crippen LogP contribution is 2.17. The summed E-state index contributed by atoms with van der Waals surface area (Å²) in [5, 5.41) is 11.6. The maximum Gasteiger partial charge on any atom is 0.321 e. The molecule has 0 aromatic heterocycles. The molecular weight excluding hydrogens is 214 g/mol. The van der Waals surface area contributed by atoms with Gasteiger partial charge in [-0.1, -0.05) is 18.2 Å². The summed E-state index contributed by atoms with van der Waals surface area (Å²) >= 11 is 0. The molecule has 2 rings (SSSR count). The number of nitrogens with zero attached hydrogens (tertiary/aromatic N) is 2. The number of benzene rings is 1. The Balaban J connectivity index is 1.88. The molecule has 0 spiro atoms. The zero-order chi connectivity index (χ0) is 12.1. The van der Waals surface area contributed by atoms with E-state index in [0.29, 0.717) is 13.1 Å². The van der Waals surface area contributed by atoms with Gasteiger partial charge in [0.15, 0.2) is 0 Å². The Morgan fingerprint density at radius 3 is 2.53 bits per heavy atom. The number of urea groups is 1. The Kier molecular flexibility index (Phi) is 3.61. The average Bonchev–Trinajstić information content (AvgIpc) is 2.40. The lowest BCUT2D eigenvalue weighted by molar-refractivity contribution is 0.192. The van der Waals surface area contributed by atoms with Crippen LogP contribution in [-0.4, -0.2) is 24.0 Å². The molecule has 0 unspecified atom stereocenters. The Morgan fingerprint density at radius 2 is 1.94 bits per heavy atom. The molecule has 0 saturated carbocycles. The van der Waals surface area contributed by atoms with Gasteiger partial charge in [-0.25, -0.2) is 4.79 Å². The van der Waals surface area contributed by atoms with Crippen molar-refractivity contribution in [2.45, 2.75) is 12.8 Å². The van der Waals surface area contributed by atoms with Gasteiger partial charge >= 0.3 is 6.03 Å². The molecule has 17 heavy (non-hydrogen) atoms. The molecule has 88 valence electrons. The summed E-state index contributed by atoms with van der Waals surface area (Å²) < 4.78 is 0. The van der Waals surface area contributed by atoms with E-state index < -0.39 is 0 Å². The van der Waals surface area contributed by atoms with Crippen molar-refractivity contribution < 1.29 is 4.79 Å². The van der Waals surface area contributed by atoms with Gasteiger partial charge in [0.05, 0.1) is 6.07 Å². The Bertz CT molecular complexity index is 416. The van der Waals surface area contributed by atoms with Crippen LogP contribution in [-0.2, 0) is 0 Å². The smallest absolute Gasteiger partial charge is 0.321 e. The van der Waals surface area contributed by atoms with Crippen molar-refractivity contribution in [1.82, 2.24) is 4.90 Å². The molecule has 2 amide bonds. The normalized spacial score (nSPS) is 16.3. The largest absolute Gasteiger partial charge is 0.324 e. The third-order valence-electron chi connectivity index (χ3n) is 2.99. The lowest BCUT2D eigenvalue weighted by atomic mass is 9.99. The minimum atomic E-state index is -0.0763. The predicted octanol–water partition coefficient (Wildman–Crippen LogP) is 2.45. The second-order valence-corrected chi connectivity index (χ2v) is 4.19. The van der Waals surface area contributed by atoms with Gasteiger partial charge in [0.1, 0.15) is 0 Å². The fraction of sp³-hybridized carbons (Fsp3) is 0.385. The van der Waals surface area contributed by atoms with Gasteiger partial charge in [-0.05, 0) is 25.0 Å². The standard InChI is InChI=1S/C13H15N3O/c14-10-11-6-8-16(9-7-11)13(17)15-12-4-2-1-3-5-12/h1-5,11H,6-9H2,(H,15,17). The molecule has 0 radical (unpaired) electrons. The van der Waals surface area contributed by atoms with Crippen molar-refractivity contribution >= 4 is 11.7 Å². The number of amides is 2. The second kappa shape index (κ2) is 5.35. The number of hydrogen-bond acceptors (Lipinski definition) is 2. The molecule has 1 aromatic carbocycles. The van der Waals surface area contributed by atoms with E-state index in [-0.39, 0.29) is 11.9 Å². The minimum Gasteiger partial charge on any atom is -0.324 e. The number of carbonyl (C=O) groups excluding carboxylic acids is 1. The summed E-state index contributed by atoms with van der Waals surface area (Å²) in [4.78, 5) is 13.7. The number of nitrogens with one attached hydrogen (secondary N) is 1. The molecule has 1 N–H and O–H groups in total. The van der Waals surface area contributed by atoms with Gasteiger partial charge < -0.3 is 10.2 Å². The van der Waals surface area contributed by atoms with E-state index in [1.165, 1.54) is 0 Å². The van der Waals surface area contributed by atoms with E-state index >= 15 is 0 Å². The van der Waals surface area contributed by atoms with Crippen molar-refractivity contribution in [2.24, 2.45) is 5.92 Å². The molecule has 0 atom stereocenters. The van der Waals surface area contributed by atoms with Crippen LogP contribution in [0.15, 0.2) is 30.3 Å². The minimum absolute atomic E-state index is 0.0763. The zero-order valence-corrected chi connectivity index (χ0v) is 9.60. The molecule has 1 fully saturated rings. The van der Waals surface area contributed by atoms with E-state index in [1.807, 2.05) is 30.3 Å². The molecule has 0 bridgehead atoms. The summed E-state index contributed by atoms with van der Waals surface area (Å²) in [5.74, 6) is 0.107. The van der Waals surface area contributed by atoms with Gasteiger partial charge in [-0.15, -0.1) is 0 Å². The van der Waals surface area contributed by atoms with Crippen LogP contribution >= 0.6 is 0 Å². The fourth-order valence-corrected chi connectivity index (χ4v) is 1.94. The molecule has 1 aliphatic rings. The zero-order valence-electron chi connectivity index (χ0n) is 9.60. The lowest BCUT2D eigenvalue weighted by Crippen LogP contribution is -2.40. The van der Waals surface area contributed by atoms with Gasteiger partial charge in [-0.2, -0.15) is 5.26 Å². The number of hydrogen-bond donors (Lipinski definition) is 1. The molecule has 0 aliphatic carbocycles. The van der Waals surface area contributed by atoms with E-state index in [2.05, 4.69) is 11.4 Å². The molecule has 1 aliphatic heterocycles. The number of para-hydroxylation sites is 1. The number of piperidine rings is 1. The molecule has 1 aromatic rings. The van der Waals surface area contributed by atoms with Crippen molar-refractivity contribution in [2.75, 3.05) is 18.4 Å². The van der Waals surface area contributed by atoms with E-state index in [1.54, 1.807) is 4.90 Å². The fourth-order valence-electron chi connectivity index (χ4n) is 1.94. The highest BCUT2D eigenvalue weighted by Gasteiger charge is 2.22. The lowest BCUT2D eigenvalue weighted by Gasteiger charge is -2.29. The van der Waals surface area contributed by atoms with Gasteiger partial charge in [0.2, 0.25) is 0 Å². The van der Waals surface area contributed by atoms with Crippen LogP contribution in [0.25, 0.3) is 0 Å². The first-order valence-electron chi connectivity index (χ1n) is 5.80. The third-order valence-corrected chi connectivity index (χ3v) is 2.99. The number of rotatable bonds is 1. The molecule has 4 nitrogen and oxygen atoms in total. The SMILES string of the molecule is N#CC1CCN(C(=O)Nc2ccccc2)CC1. The van der Waals surface area contributed by atoms with Crippen molar-refractivity contribution in [1.29, 1.82) is 5.26 Å². The molecular formula is C13H15N3O. The van der Waals surface area contributed by atoms with E-state index in [4.69, 9.17) is 5.26 Å². The number of anilines is 1. The third kappa shape index (κ3) is 2.97. The van der Waals surface area contributed by atoms with Crippen LogP contribution in [0, 0.1) is 17.2 Å². The summed E-state index contributed by atoms with van der Waals surface area (Å²) in [5.41, 5.74) is 0.805. The van der Waals surface area contributed by atoms with Gasteiger partial charge in [0.25, 0.3) is 0 Å². The van der Waals surface area contributed by atoms with Crippen LogP contribution in [0.4, 0.5) is 10.5 Å². The Labute approximate surface area is 101 Å². The van der Waals surface area contributed by atoms with E-state index in [0.717, 1.165) is 18.5 Å². The summed E-state index contributed by atoms with van der Waals surface area (Å²) in [6.07, 6.45) is 1.55. The molecule has 1 heterocycles. The van der Waals surface area contributed by atoms with Gasteiger partial charge in [-0.3, -0.25) is 0 Å². The second-order valence-electron chi connectivity index (χ2n) is 4.19. The Morgan fingerprint density at radius 1 is 1.29 bits per heavy atom. The monoisotopic (exact) mass is 229 g/mol. The van der Waals surface area contributed by atoms with Crippen molar-refractivity contribution in [3.63, 3.8) is 0 Å². The van der Waals surface area contributed by atoms with Crippen molar-refractivity contribution in [3.05, 3.63) is 30.3 Å². The Hall–Kier alpha value is -2.02. The summed E-state index contributed by atoms with van der Waals surface area (Å²) in [7, 11) is 0. The quantitative estimate of drug-likeness (QED) is 0.804. The summed E-state index contributed by atoms with van der Waals surface area (Å²) in [6.45, 7) is 1.33. The summed E-state index contributed by atoms with van der Waals surface area (Å²) in [6, 6.07) is 11.6. The van der Waals surface area contributed by atoms with Crippen LogP contribution in [0.5, 0.6) is 0 Å². The maximum absolute atomic E-state index is 11.9. The van der Waals surface area contributed by atoms with Crippen molar-refractivity contribution in [3.8, 4) is 6.07 Å². The molecule has 4 heteroatoms. The molecule has 1 saturated heterocycles. The number of likely N-dealkylation sites (tertiary alicyclic amines) is 1. The van der Waals surface area contributed by atoms with E-state index in [9.17, 15) is 4.79 Å². The maximum atomic E-state index is 11.9. The number of nitriles is 1. The van der Waals surface area contributed by atoms with Gasteiger partial charge in [0, 0.05) is 24.7 Å². The van der Waals surface area contributed by atoms with Crippen LogP contribution in [0.1, 0.15) is 12.8 Å². The predicted molar refractivity (Wildman–Crippen MR) is 65.4 cm³/mol.